The normalized spacial score (nSPS) is 11.9. The molecule has 0 unspecified atom stereocenters. The number of aryl methyl sites for hydroxylation is 1. The molecule has 0 saturated heterocycles. The number of pyridine rings is 1. The molecule has 0 radical (unpaired) electrons. The molecule has 4 aromatic rings. The van der Waals surface area contributed by atoms with E-state index in [1.807, 2.05) is 0 Å². The number of carbonyl (C=O) groups is 2. The van der Waals surface area contributed by atoms with E-state index in [4.69, 9.17) is 5.73 Å². The molecule has 7 nitrogen and oxygen atoms in total. The monoisotopic (exact) mass is 522 g/mol. The zero-order chi connectivity index (χ0) is 27.4. The third-order valence-electron chi connectivity index (χ3n) is 6.11. The van der Waals surface area contributed by atoms with Crippen LogP contribution in [-0.2, 0) is 24.4 Å². The maximum atomic E-state index is 14.1. The summed E-state index contributed by atoms with van der Waals surface area (Å²) in [5, 5.41) is 9.56. The van der Waals surface area contributed by atoms with Crippen molar-refractivity contribution in [1.29, 1.82) is 0 Å². The molecule has 0 aliphatic rings. The minimum Gasteiger partial charge on any atom is -0.388 e. The number of amides is 1. The van der Waals surface area contributed by atoms with Crippen molar-refractivity contribution in [1.82, 2.24) is 14.5 Å². The van der Waals surface area contributed by atoms with Crippen LogP contribution < -0.4 is 5.73 Å². The number of aromatic nitrogens is 3. The van der Waals surface area contributed by atoms with E-state index in [1.54, 1.807) is 29.8 Å². The number of primary amides is 1. The van der Waals surface area contributed by atoms with Gasteiger partial charge in [0.25, 0.3) is 5.91 Å². The molecule has 0 spiro atoms. The highest BCUT2D eigenvalue weighted by Crippen LogP contribution is 2.33. The fourth-order valence-corrected chi connectivity index (χ4v) is 4.54. The van der Waals surface area contributed by atoms with Gasteiger partial charge in [-0.25, -0.2) is 18.2 Å². The lowest BCUT2D eigenvalue weighted by atomic mass is 9.86. The minimum atomic E-state index is -0.938. The Balaban J connectivity index is 1.74. The molecule has 2 heterocycles. The number of aliphatic hydroxyl groups is 1. The average molecular weight is 523 g/mol. The Bertz CT molecular complexity index is 1480. The molecule has 0 bridgehead atoms. The lowest BCUT2D eigenvalue weighted by Gasteiger charge is -2.20. The SMILES string of the molecule is Cc1cn(CC(=O)C[C@@H](Cc2cc(F)cc(F)c2)c2ncccc2-c2ccc(F)c(C(N)=O)c2)c(CO)n1. The van der Waals surface area contributed by atoms with Crippen LogP contribution in [0.15, 0.2) is 60.9 Å². The van der Waals surface area contributed by atoms with E-state index in [9.17, 15) is 27.9 Å². The van der Waals surface area contributed by atoms with E-state index in [0.717, 1.165) is 12.1 Å². The maximum Gasteiger partial charge on any atom is 0.251 e. The number of nitrogens with zero attached hydrogens (tertiary/aromatic N) is 3. The van der Waals surface area contributed by atoms with Crippen LogP contribution in [0, 0.1) is 24.4 Å². The summed E-state index contributed by atoms with van der Waals surface area (Å²) in [5.74, 6) is -3.74. The summed E-state index contributed by atoms with van der Waals surface area (Å²) < 4.78 is 43.7. The van der Waals surface area contributed by atoms with Crippen LogP contribution in [0.1, 0.15) is 45.5 Å². The molecule has 2 aromatic heterocycles. The first-order valence-electron chi connectivity index (χ1n) is 11.8. The number of hydrogen-bond acceptors (Lipinski definition) is 5. The van der Waals surface area contributed by atoms with Crippen molar-refractivity contribution in [2.75, 3.05) is 0 Å². The highest BCUT2D eigenvalue weighted by atomic mass is 19.1. The molecule has 0 fully saturated rings. The summed E-state index contributed by atoms with van der Waals surface area (Å²) in [5.41, 5.74) is 7.36. The van der Waals surface area contributed by atoms with Gasteiger partial charge < -0.3 is 15.4 Å². The molecule has 1 atom stereocenters. The van der Waals surface area contributed by atoms with Gasteiger partial charge in [0.05, 0.1) is 23.5 Å². The maximum absolute atomic E-state index is 14.1. The first-order chi connectivity index (χ1) is 18.1. The van der Waals surface area contributed by atoms with Crippen LogP contribution in [0.3, 0.4) is 0 Å². The molecule has 3 N–H and O–H groups in total. The Morgan fingerprint density at radius 3 is 2.50 bits per heavy atom. The Hall–Kier alpha value is -4.31. The van der Waals surface area contributed by atoms with Crippen LogP contribution in [-0.4, -0.2) is 31.3 Å². The van der Waals surface area contributed by atoms with E-state index >= 15 is 0 Å². The Kier molecular flexibility index (Phi) is 8.02. The number of Topliss-reactive ketones (excluding diaryl/α,β-unsaturated/α-hetero) is 1. The fourth-order valence-electron chi connectivity index (χ4n) is 4.54. The van der Waals surface area contributed by atoms with Crippen LogP contribution in [0.25, 0.3) is 11.1 Å². The Labute approximate surface area is 216 Å². The number of hydrogen-bond donors (Lipinski definition) is 2. The second kappa shape index (κ2) is 11.4. The molecule has 1 amide bonds. The van der Waals surface area contributed by atoms with Gasteiger partial charge in [0.1, 0.15) is 29.9 Å². The van der Waals surface area contributed by atoms with Crippen molar-refractivity contribution in [3.05, 3.63) is 107 Å². The second-order valence-electron chi connectivity index (χ2n) is 9.00. The van der Waals surface area contributed by atoms with Gasteiger partial charge in [-0.1, -0.05) is 12.1 Å². The molecule has 10 heteroatoms. The number of benzene rings is 2. The summed E-state index contributed by atoms with van der Waals surface area (Å²) in [4.78, 5) is 33.6. The molecule has 0 aliphatic carbocycles. The summed E-state index contributed by atoms with van der Waals surface area (Å²) in [6.45, 7) is 1.32. The van der Waals surface area contributed by atoms with Gasteiger partial charge in [0.15, 0.2) is 5.78 Å². The van der Waals surface area contributed by atoms with Crippen LogP contribution in [0.2, 0.25) is 0 Å². The Morgan fingerprint density at radius 1 is 1.08 bits per heavy atom. The van der Waals surface area contributed by atoms with E-state index in [-0.39, 0.29) is 37.3 Å². The molecule has 196 valence electrons. The van der Waals surface area contributed by atoms with Crippen molar-refractivity contribution in [2.45, 2.75) is 38.8 Å². The van der Waals surface area contributed by atoms with Crippen LogP contribution in [0.5, 0.6) is 0 Å². The van der Waals surface area contributed by atoms with E-state index < -0.39 is 29.3 Å². The summed E-state index contributed by atoms with van der Waals surface area (Å²) in [7, 11) is 0. The highest BCUT2D eigenvalue weighted by Gasteiger charge is 2.24. The summed E-state index contributed by atoms with van der Waals surface area (Å²) in [6.07, 6.45) is 3.18. The number of rotatable bonds is 10. The largest absolute Gasteiger partial charge is 0.388 e. The predicted octanol–water partition coefficient (Wildman–Crippen LogP) is 4.25. The smallest absolute Gasteiger partial charge is 0.251 e. The highest BCUT2D eigenvalue weighted by molar-refractivity contribution is 5.94. The van der Waals surface area contributed by atoms with E-state index in [2.05, 4.69) is 9.97 Å². The average Bonchev–Trinajstić information content (AvgIpc) is 3.22. The zero-order valence-electron chi connectivity index (χ0n) is 20.5. The molecular weight excluding hydrogens is 497 g/mol. The molecule has 4 rings (SSSR count). The minimum absolute atomic E-state index is 0.0614. The van der Waals surface area contributed by atoms with Gasteiger partial charge >= 0.3 is 0 Å². The molecule has 0 aliphatic heterocycles. The second-order valence-corrected chi connectivity index (χ2v) is 9.00. The zero-order valence-corrected chi connectivity index (χ0v) is 20.5. The lowest BCUT2D eigenvalue weighted by Crippen LogP contribution is -2.18. The molecule has 38 heavy (non-hydrogen) atoms. The van der Waals surface area contributed by atoms with Gasteiger partial charge in [-0.2, -0.15) is 0 Å². The number of ketones is 1. The number of halogens is 3. The number of imidazole rings is 1. The van der Waals surface area contributed by atoms with Gasteiger partial charge in [-0.05, 0) is 54.8 Å². The third-order valence-corrected chi connectivity index (χ3v) is 6.11. The van der Waals surface area contributed by atoms with Gasteiger partial charge in [0, 0.05) is 36.4 Å². The number of carbonyl (C=O) groups excluding carboxylic acids is 2. The third kappa shape index (κ3) is 6.15. The van der Waals surface area contributed by atoms with Gasteiger partial charge in [-0.15, -0.1) is 0 Å². The van der Waals surface area contributed by atoms with Crippen LogP contribution >= 0.6 is 0 Å². The first kappa shape index (κ1) is 26.7. The van der Waals surface area contributed by atoms with Crippen LogP contribution in [0.4, 0.5) is 13.2 Å². The Morgan fingerprint density at radius 2 is 1.82 bits per heavy atom. The van der Waals surface area contributed by atoms with Crippen molar-refractivity contribution >= 4 is 11.7 Å². The topological polar surface area (TPSA) is 111 Å². The van der Waals surface area contributed by atoms with Crippen molar-refractivity contribution in [3.63, 3.8) is 0 Å². The molecule has 2 aromatic carbocycles. The first-order valence-corrected chi connectivity index (χ1v) is 11.8. The molecular formula is C28H25F3N4O3. The fraction of sp³-hybridized carbons (Fsp3) is 0.214. The molecule has 0 saturated carbocycles. The predicted molar refractivity (Wildman–Crippen MR) is 133 cm³/mol. The van der Waals surface area contributed by atoms with Gasteiger partial charge in [-0.3, -0.25) is 14.6 Å². The summed E-state index contributed by atoms with van der Waals surface area (Å²) >= 11 is 0. The summed E-state index contributed by atoms with van der Waals surface area (Å²) in [6, 6.07) is 10.4. The van der Waals surface area contributed by atoms with Crippen molar-refractivity contribution in [2.24, 2.45) is 5.73 Å². The number of aliphatic hydroxyl groups excluding tert-OH is 1. The quantitative estimate of drug-likeness (QED) is 0.324. The van der Waals surface area contributed by atoms with Gasteiger partial charge in [0.2, 0.25) is 0 Å². The van der Waals surface area contributed by atoms with Crippen molar-refractivity contribution in [3.8, 4) is 11.1 Å². The van der Waals surface area contributed by atoms with E-state index in [0.29, 0.717) is 33.9 Å². The lowest BCUT2D eigenvalue weighted by molar-refractivity contribution is -0.120. The van der Waals surface area contributed by atoms with Crippen molar-refractivity contribution < 1.29 is 27.9 Å². The standard InChI is InChI=1S/C28H25F3N4O3/c1-16-13-35(26(15-36)34-16)14-22(37)10-19(7-17-8-20(29)12-21(30)9-17)27-23(3-2-6-33-27)18-4-5-25(31)24(11-18)28(32)38/h2-6,8-9,11-13,19,36H,7,10,14-15H2,1H3,(H2,32,38)/t19-/m1/s1. The van der Waals surface area contributed by atoms with E-state index in [1.165, 1.54) is 30.5 Å². The number of nitrogens with two attached hydrogens (primary N) is 1.